The number of aromatic nitrogens is 2. The van der Waals surface area contributed by atoms with Gasteiger partial charge in [-0.1, -0.05) is 12.1 Å². The summed E-state index contributed by atoms with van der Waals surface area (Å²) in [7, 11) is 1.98. The molecular formula is C18H26N4OS. The number of amides is 1. The molecule has 0 aliphatic carbocycles. The minimum absolute atomic E-state index is 0.210. The largest absolute Gasteiger partial charge is 0.341 e. The number of hydrogen-bond donors (Lipinski definition) is 1. The maximum Gasteiger partial charge on any atom is 0.242 e. The van der Waals surface area contributed by atoms with Gasteiger partial charge in [0, 0.05) is 13.1 Å². The molecule has 2 aromatic rings. The van der Waals surface area contributed by atoms with Crippen LogP contribution in [0.1, 0.15) is 18.7 Å². The highest BCUT2D eigenvalue weighted by molar-refractivity contribution is 7.97. The van der Waals surface area contributed by atoms with Crippen LogP contribution >= 0.6 is 11.8 Å². The van der Waals surface area contributed by atoms with Crippen molar-refractivity contribution in [1.82, 2.24) is 19.8 Å². The zero-order valence-electron chi connectivity index (χ0n) is 14.5. The Hall–Kier alpha value is -1.53. The molecule has 5 nitrogen and oxygen atoms in total. The van der Waals surface area contributed by atoms with E-state index in [4.69, 9.17) is 4.98 Å². The number of rotatable bonds is 6. The topological polar surface area (TPSA) is 50.2 Å². The number of para-hydroxylation sites is 2. The van der Waals surface area contributed by atoms with Crippen molar-refractivity contribution in [3.05, 3.63) is 30.1 Å². The molecule has 1 N–H and O–H groups in total. The molecule has 6 heteroatoms. The number of thioether (sulfide) groups is 1. The van der Waals surface area contributed by atoms with E-state index in [0.29, 0.717) is 12.5 Å². The molecular weight excluding hydrogens is 320 g/mol. The van der Waals surface area contributed by atoms with E-state index in [1.807, 2.05) is 30.1 Å². The van der Waals surface area contributed by atoms with Gasteiger partial charge in [0.25, 0.3) is 0 Å². The quantitative estimate of drug-likeness (QED) is 0.872. The van der Waals surface area contributed by atoms with Gasteiger partial charge < -0.3 is 14.8 Å². The molecule has 0 radical (unpaired) electrons. The van der Waals surface area contributed by atoms with Gasteiger partial charge in [0.15, 0.2) is 0 Å². The summed E-state index contributed by atoms with van der Waals surface area (Å²) >= 11 is 1.74. The molecule has 1 unspecified atom stereocenters. The van der Waals surface area contributed by atoms with E-state index in [-0.39, 0.29) is 5.91 Å². The first-order valence-electron chi connectivity index (χ1n) is 8.58. The summed E-state index contributed by atoms with van der Waals surface area (Å²) in [5, 5.41) is 3.24. The SMILES string of the molecule is CNCC1CCCN(C(=O)Cn2c(CSC)nc3ccccc32)C1. The first-order valence-corrected chi connectivity index (χ1v) is 9.97. The van der Waals surface area contributed by atoms with Crippen molar-refractivity contribution >= 4 is 28.7 Å². The third-order valence-electron chi connectivity index (χ3n) is 4.66. The average Bonchev–Trinajstić information content (AvgIpc) is 2.93. The lowest BCUT2D eigenvalue weighted by Gasteiger charge is -2.33. The molecule has 130 valence electrons. The third-order valence-corrected chi connectivity index (χ3v) is 5.21. The first-order chi connectivity index (χ1) is 11.7. The van der Waals surface area contributed by atoms with Crippen molar-refractivity contribution in [1.29, 1.82) is 0 Å². The molecule has 1 aliphatic heterocycles. The van der Waals surface area contributed by atoms with Crippen LogP contribution in [0.15, 0.2) is 24.3 Å². The highest BCUT2D eigenvalue weighted by Crippen LogP contribution is 2.21. The van der Waals surface area contributed by atoms with E-state index >= 15 is 0 Å². The number of nitrogens with one attached hydrogen (secondary N) is 1. The molecule has 24 heavy (non-hydrogen) atoms. The Labute approximate surface area is 147 Å². The Morgan fingerprint density at radius 1 is 1.42 bits per heavy atom. The van der Waals surface area contributed by atoms with Gasteiger partial charge >= 0.3 is 0 Å². The van der Waals surface area contributed by atoms with Crippen LogP contribution in [0.4, 0.5) is 0 Å². The lowest BCUT2D eigenvalue weighted by Crippen LogP contribution is -2.43. The van der Waals surface area contributed by atoms with E-state index in [2.05, 4.69) is 22.2 Å². The van der Waals surface area contributed by atoms with E-state index in [1.165, 1.54) is 6.42 Å². The van der Waals surface area contributed by atoms with Crippen molar-refractivity contribution in [2.75, 3.05) is 32.9 Å². The zero-order chi connectivity index (χ0) is 16.9. The number of piperidine rings is 1. The fourth-order valence-corrected chi connectivity index (χ4v) is 4.00. The van der Waals surface area contributed by atoms with Gasteiger partial charge in [-0.15, -0.1) is 0 Å². The average molecular weight is 347 g/mol. The molecule has 1 atom stereocenters. The highest BCUT2D eigenvalue weighted by atomic mass is 32.2. The van der Waals surface area contributed by atoms with Crippen molar-refractivity contribution in [3.8, 4) is 0 Å². The monoisotopic (exact) mass is 346 g/mol. The van der Waals surface area contributed by atoms with Crippen LogP contribution in [-0.2, 0) is 17.1 Å². The van der Waals surface area contributed by atoms with Gasteiger partial charge in [-0.2, -0.15) is 11.8 Å². The van der Waals surface area contributed by atoms with Crippen LogP contribution in [0.2, 0.25) is 0 Å². The molecule has 1 aliphatic rings. The van der Waals surface area contributed by atoms with Gasteiger partial charge in [-0.05, 0) is 50.7 Å². The molecule has 1 aromatic carbocycles. The number of imidazole rings is 1. The van der Waals surface area contributed by atoms with Crippen LogP contribution < -0.4 is 5.32 Å². The summed E-state index contributed by atoms with van der Waals surface area (Å²) in [5.74, 6) is 2.59. The molecule has 2 heterocycles. The number of benzene rings is 1. The van der Waals surface area contributed by atoms with Crippen molar-refractivity contribution in [2.24, 2.45) is 5.92 Å². The second kappa shape index (κ2) is 8.03. The van der Waals surface area contributed by atoms with Gasteiger partial charge in [-0.3, -0.25) is 4.79 Å². The highest BCUT2D eigenvalue weighted by Gasteiger charge is 2.24. The Kier molecular flexibility index (Phi) is 5.79. The number of fused-ring (bicyclic) bond motifs is 1. The standard InChI is InChI=1S/C18H26N4OS/c1-19-10-14-6-5-9-21(11-14)18(23)12-22-16-8-4-3-7-15(16)20-17(22)13-24-2/h3-4,7-8,14,19H,5-6,9-13H2,1-2H3. The van der Waals surface area contributed by atoms with Crippen LogP contribution in [0.25, 0.3) is 11.0 Å². The van der Waals surface area contributed by atoms with E-state index in [9.17, 15) is 4.79 Å². The number of nitrogens with zero attached hydrogens (tertiary/aromatic N) is 3. The second-order valence-corrected chi connectivity index (χ2v) is 7.31. The summed E-state index contributed by atoms with van der Waals surface area (Å²) in [6, 6.07) is 8.08. The molecule has 1 aromatic heterocycles. The van der Waals surface area contributed by atoms with Gasteiger partial charge in [0.05, 0.1) is 16.8 Å². The Bertz CT molecular complexity index is 697. The van der Waals surface area contributed by atoms with Crippen LogP contribution in [0.3, 0.4) is 0 Å². The lowest BCUT2D eigenvalue weighted by atomic mass is 9.98. The predicted octanol–water partition coefficient (Wildman–Crippen LogP) is 2.36. The van der Waals surface area contributed by atoms with E-state index < -0.39 is 0 Å². The molecule has 0 bridgehead atoms. The van der Waals surface area contributed by atoms with Crippen LogP contribution in [0, 0.1) is 5.92 Å². The fraction of sp³-hybridized carbons (Fsp3) is 0.556. The zero-order valence-corrected chi connectivity index (χ0v) is 15.3. The molecule has 0 spiro atoms. The minimum atomic E-state index is 0.210. The minimum Gasteiger partial charge on any atom is -0.341 e. The maximum atomic E-state index is 12.9. The predicted molar refractivity (Wildman–Crippen MR) is 100 cm³/mol. The first kappa shape index (κ1) is 17.3. The summed E-state index contributed by atoms with van der Waals surface area (Å²) in [5.41, 5.74) is 2.03. The number of hydrogen-bond acceptors (Lipinski definition) is 4. The van der Waals surface area contributed by atoms with Crippen molar-refractivity contribution in [3.63, 3.8) is 0 Å². The van der Waals surface area contributed by atoms with Gasteiger partial charge in [-0.25, -0.2) is 4.98 Å². The van der Waals surface area contributed by atoms with E-state index in [1.54, 1.807) is 11.8 Å². The lowest BCUT2D eigenvalue weighted by molar-refractivity contribution is -0.133. The summed E-state index contributed by atoms with van der Waals surface area (Å²) < 4.78 is 2.09. The fourth-order valence-electron chi connectivity index (χ4n) is 3.52. The maximum absolute atomic E-state index is 12.9. The molecule has 1 saturated heterocycles. The van der Waals surface area contributed by atoms with Crippen molar-refractivity contribution in [2.45, 2.75) is 25.1 Å². The molecule has 0 saturated carbocycles. The van der Waals surface area contributed by atoms with Crippen molar-refractivity contribution < 1.29 is 4.79 Å². The van der Waals surface area contributed by atoms with E-state index in [0.717, 1.165) is 48.7 Å². The number of carbonyl (C=O) groups excluding carboxylic acids is 1. The summed E-state index contributed by atoms with van der Waals surface area (Å²) in [6.45, 7) is 3.12. The summed E-state index contributed by atoms with van der Waals surface area (Å²) in [6.07, 6.45) is 4.37. The normalized spacial score (nSPS) is 18.2. The molecule has 1 fully saturated rings. The second-order valence-electron chi connectivity index (χ2n) is 6.44. The van der Waals surface area contributed by atoms with Crippen LogP contribution in [0.5, 0.6) is 0 Å². The Morgan fingerprint density at radius 2 is 2.25 bits per heavy atom. The summed E-state index contributed by atoms with van der Waals surface area (Å²) in [4.78, 5) is 19.6. The van der Waals surface area contributed by atoms with Gasteiger partial charge in [0.1, 0.15) is 12.4 Å². The number of carbonyl (C=O) groups is 1. The smallest absolute Gasteiger partial charge is 0.242 e. The Balaban J connectivity index is 1.78. The molecule has 1 amide bonds. The Morgan fingerprint density at radius 3 is 3.04 bits per heavy atom. The van der Waals surface area contributed by atoms with Gasteiger partial charge in [0.2, 0.25) is 5.91 Å². The third kappa shape index (κ3) is 3.75. The molecule has 3 rings (SSSR count). The van der Waals surface area contributed by atoms with Crippen LogP contribution in [-0.4, -0.2) is 53.3 Å². The number of likely N-dealkylation sites (tertiary alicyclic amines) is 1.